The lowest BCUT2D eigenvalue weighted by molar-refractivity contribution is -0.138. The van der Waals surface area contributed by atoms with Gasteiger partial charge >= 0.3 is 6.18 Å². The molecule has 0 saturated carbocycles. The van der Waals surface area contributed by atoms with Gasteiger partial charge in [0.15, 0.2) is 0 Å². The lowest BCUT2D eigenvalue weighted by Crippen LogP contribution is -2.49. The van der Waals surface area contributed by atoms with E-state index >= 15 is 0 Å². The van der Waals surface area contributed by atoms with Gasteiger partial charge in [-0.25, -0.2) is 0 Å². The number of alkyl halides is 3. The molecule has 2 aromatic carbocycles. The molecule has 2 aliphatic rings. The fourth-order valence-electron chi connectivity index (χ4n) is 4.25. The number of anilines is 1. The van der Waals surface area contributed by atoms with Gasteiger partial charge < -0.3 is 9.80 Å². The number of rotatable bonds is 4. The van der Waals surface area contributed by atoms with Gasteiger partial charge in [-0.15, -0.1) is 0 Å². The summed E-state index contributed by atoms with van der Waals surface area (Å²) in [5, 5.41) is 0. The first-order chi connectivity index (χ1) is 14.8. The van der Waals surface area contributed by atoms with Crippen LogP contribution in [0.5, 0.6) is 0 Å². The van der Waals surface area contributed by atoms with Crippen LogP contribution in [0.3, 0.4) is 0 Å². The average Bonchev–Trinajstić information content (AvgIpc) is 3.21. The molecule has 0 N–H and O–H groups in total. The van der Waals surface area contributed by atoms with Crippen molar-refractivity contribution in [1.82, 2.24) is 9.80 Å². The summed E-state index contributed by atoms with van der Waals surface area (Å²) in [5.41, 5.74) is 0.943. The summed E-state index contributed by atoms with van der Waals surface area (Å²) in [6, 6.07) is 12.8. The Labute approximate surface area is 179 Å². The van der Waals surface area contributed by atoms with E-state index in [2.05, 4.69) is 4.90 Å². The van der Waals surface area contributed by atoms with Gasteiger partial charge in [0.1, 0.15) is 0 Å². The van der Waals surface area contributed by atoms with E-state index in [0.29, 0.717) is 45.7 Å². The molecule has 2 heterocycles. The Morgan fingerprint density at radius 3 is 2.29 bits per heavy atom. The van der Waals surface area contributed by atoms with Crippen LogP contribution in [0.1, 0.15) is 27.9 Å². The minimum Gasteiger partial charge on any atom is -0.336 e. The van der Waals surface area contributed by atoms with E-state index in [-0.39, 0.29) is 11.5 Å². The maximum absolute atomic E-state index is 13.2. The number of nitrogens with zero attached hydrogens (tertiary/aromatic N) is 3. The van der Waals surface area contributed by atoms with Crippen molar-refractivity contribution in [3.8, 4) is 0 Å². The van der Waals surface area contributed by atoms with Crippen LogP contribution >= 0.6 is 0 Å². The molecule has 0 aromatic heterocycles. The molecule has 0 unspecified atom stereocenters. The number of halogens is 3. The summed E-state index contributed by atoms with van der Waals surface area (Å²) >= 11 is 0. The number of benzene rings is 2. The van der Waals surface area contributed by atoms with Gasteiger partial charge in [-0.05, 0) is 30.2 Å². The van der Waals surface area contributed by atoms with Crippen molar-refractivity contribution in [3.63, 3.8) is 0 Å². The number of hydrogen-bond donors (Lipinski definition) is 0. The molecule has 0 spiro atoms. The second kappa shape index (κ2) is 8.70. The number of para-hydroxylation sites is 1. The van der Waals surface area contributed by atoms with Crippen LogP contribution in [0.2, 0.25) is 0 Å². The molecule has 8 heteroatoms. The molecule has 5 nitrogen and oxygen atoms in total. The molecule has 0 aliphatic carbocycles. The molecular formula is C23H24F3N3O2. The Balaban J connectivity index is 1.30. The van der Waals surface area contributed by atoms with E-state index < -0.39 is 17.6 Å². The second-order valence-electron chi connectivity index (χ2n) is 7.85. The number of carbonyl (C=O) groups excluding carboxylic acids is 2. The predicted molar refractivity (Wildman–Crippen MR) is 111 cm³/mol. The summed E-state index contributed by atoms with van der Waals surface area (Å²) in [5.74, 6) is -0.528. The molecule has 2 aliphatic heterocycles. The first-order valence-corrected chi connectivity index (χ1v) is 10.4. The van der Waals surface area contributed by atoms with Gasteiger partial charge in [0.25, 0.3) is 5.91 Å². The van der Waals surface area contributed by atoms with E-state index in [1.165, 1.54) is 28.7 Å². The standard InChI is InChI=1S/C23H24F3N3O2/c24-23(25,26)19-7-3-2-6-18(19)22(31)28-15-13-27(14-16-28)11-10-21(30)29-12-9-17-5-1-4-8-20(17)29/h1-8H,9-16H2. The fraction of sp³-hybridized carbons (Fsp3) is 0.391. The number of carbonyl (C=O) groups is 2. The smallest absolute Gasteiger partial charge is 0.336 e. The monoisotopic (exact) mass is 431 g/mol. The molecule has 164 valence electrons. The van der Waals surface area contributed by atoms with E-state index in [0.717, 1.165) is 18.2 Å². The topological polar surface area (TPSA) is 43.9 Å². The van der Waals surface area contributed by atoms with Crippen molar-refractivity contribution >= 4 is 17.5 Å². The number of amides is 2. The largest absolute Gasteiger partial charge is 0.417 e. The second-order valence-corrected chi connectivity index (χ2v) is 7.85. The van der Waals surface area contributed by atoms with Crippen LogP contribution in [-0.4, -0.2) is 60.9 Å². The zero-order valence-corrected chi connectivity index (χ0v) is 17.1. The van der Waals surface area contributed by atoms with Gasteiger partial charge in [-0.2, -0.15) is 13.2 Å². The fourth-order valence-corrected chi connectivity index (χ4v) is 4.25. The molecule has 0 atom stereocenters. The lowest BCUT2D eigenvalue weighted by Gasteiger charge is -2.35. The molecule has 4 rings (SSSR count). The minimum absolute atomic E-state index is 0.0718. The van der Waals surface area contributed by atoms with Gasteiger partial charge in [-0.3, -0.25) is 14.5 Å². The molecule has 31 heavy (non-hydrogen) atoms. The Bertz CT molecular complexity index is 969. The Morgan fingerprint density at radius 1 is 0.871 bits per heavy atom. The highest BCUT2D eigenvalue weighted by Gasteiger charge is 2.36. The van der Waals surface area contributed by atoms with E-state index in [4.69, 9.17) is 0 Å². The summed E-state index contributed by atoms with van der Waals surface area (Å²) in [6.07, 6.45) is -3.33. The van der Waals surface area contributed by atoms with E-state index in [1.807, 2.05) is 29.2 Å². The minimum atomic E-state index is -4.57. The molecule has 1 fully saturated rings. The van der Waals surface area contributed by atoms with Crippen LogP contribution < -0.4 is 4.90 Å². The molecule has 1 saturated heterocycles. The third-order valence-corrected chi connectivity index (χ3v) is 5.95. The van der Waals surface area contributed by atoms with Crippen LogP contribution in [0, 0.1) is 0 Å². The van der Waals surface area contributed by atoms with Crippen LogP contribution in [0.25, 0.3) is 0 Å². The maximum Gasteiger partial charge on any atom is 0.417 e. The molecule has 0 bridgehead atoms. The lowest BCUT2D eigenvalue weighted by atomic mass is 10.1. The Kier molecular flexibility index (Phi) is 6.00. The quantitative estimate of drug-likeness (QED) is 0.745. The predicted octanol–water partition coefficient (Wildman–Crippen LogP) is 3.44. The number of fused-ring (bicyclic) bond motifs is 1. The highest BCUT2D eigenvalue weighted by molar-refractivity contribution is 5.96. The van der Waals surface area contributed by atoms with Crippen LogP contribution in [0.4, 0.5) is 18.9 Å². The van der Waals surface area contributed by atoms with Crippen LogP contribution in [-0.2, 0) is 17.4 Å². The maximum atomic E-state index is 13.2. The van der Waals surface area contributed by atoms with Gasteiger partial charge in [0.2, 0.25) is 5.91 Å². The summed E-state index contributed by atoms with van der Waals surface area (Å²) in [6.45, 7) is 3.00. The van der Waals surface area contributed by atoms with Crippen molar-refractivity contribution in [2.75, 3.05) is 44.2 Å². The summed E-state index contributed by atoms with van der Waals surface area (Å²) in [4.78, 5) is 30.7. The molecule has 2 amide bonds. The Morgan fingerprint density at radius 2 is 1.55 bits per heavy atom. The first kappa shape index (κ1) is 21.4. The third-order valence-electron chi connectivity index (χ3n) is 5.95. The van der Waals surface area contributed by atoms with Crippen molar-refractivity contribution < 1.29 is 22.8 Å². The van der Waals surface area contributed by atoms with Crippen molar-refractivity contribution in [3.05, 3.63) is 65.2 Å². The van der Waals surface area contributed by atoms with Crippen LogP contribution in [0.15, 0.2) is 48.5 Å². The van der Waals surface area contributed by atoms with Gasteiger partial charge in [0.05, 0.1) is 11.1 Å². The zero-order valence-electron chi connectivity index (χ0n) is 17.1. The van der Waals surface area contributed by atoms with Crippen molar-refractivity contribution in [2.45, 2.75) is 19.0 Å². The SMILES string of the molecule is O=C(c1ccccc1C(F)(F)F)N1CCN(CCC(=O)N2CCc3ccccc32)CC1. The Hall–Kier alpha value is -2.87. The molecule has 0 radical (unpaired) electrons. The van der Waals surface area contributed by atoms with Gasteiger partial charge in [-0.1, -0.05) is 30.3 Å². The average molecular weight is 431 g/mol. The third kappa shape index (κ3) is 4.58. The van der Waals surface area contributed by atoms with Gasteiger partial charge in [0, 0.05) is 51.4 Å². The highest BCUT2D eigenvalue weighted by atomic mass is 19.4. The highest BCUT2D eigenvalue weighted by Crippen LogP contribution is 2.32. The number of hydrogen-bond acceptors (Lipinski definition) is 3. The first-order valence-electron chi connectivity index (χ1n) is 10.4. The summed E-state index contributed by atoms with van der Waals surface area (Å²) in [7, 11) is 0. The summed E-state index contributed by atoms with van der Waals surface area (Å²) < 4.78 is 39.7. The van der Waals surface area contributed by atoms with Crippen molar-refractivity contribution in [2.24, 2.45) is 0 Å². The molecular weight excluding hydrogens is 407 g/mol. The van der Waals surface area contributed by atoms with E-state index in [1.54, 1.807) is 0 Å². The van der Waals surface area contributed by atoms with E-state index in [9.17, 15) is 22.8 Å². The zero-order chi connectivity index (χ0) is 22.0. The molecule has 2 aromatic rings. The van der Waals surface area contributed by atoms with Crippen molar-refractivity contribution in [1.29, 1.82) is 0 Å². The normalized spacial score (nSPS) is 17.0. The number of piperazine rings is 1.